The van der Waals surface area contributed by atoms with Gasteiger partial charge in [-0.3, -0.25) is 14.5 Å². The van der Waals surface area contributed by atoms with Crippen LogP contribution in [0.3, 0.4) is 0 Å². The molecule has 13 heteroatoms. The minimum absolute atomic E-state index is 0.111. The van der Waals surface area contributed by atoms with E-state index < -0.39 is 12.3 Å². The van der Waals surface area contributed by atoms with Crippen molar-refractivity contribution in [3.05, 3.63) is 95.3 Å². The smallest absolute Gasteiger partial charge is 0.406 e. The second-order valence-electron chi connectivity index (χ2n) is 9.61. The fourth-order valence-corrected chi connectivity index (χ4v) is 5.39. The number of hydrogen-bond acceptors (Lipinski definition) is 7. The Morgan fingerprint density at radius 1 is 1.07 bits per heavy atom. The molecule has 1 N–H and O–H groups in total. The Hall–Kier alpha value is -5.09. The lowest BCUT2D eigenvalue weighted by atomic mass is 10.0. The fourth-order valence-electron chi connectivity index (χ4n) is 4.39. The summed E-state index contributed by atoms with van der Waals surface area (Å²) in [6, 6.07) is 21.2. The van der Waals surface area contributed by atoms with Crippen LogP contribution in [0, 0.1) is 11.3 Å². The van der Waals surface area contributed by atoms with E-state index in [9.17, 15) is 28.0 Å². The second kappa shape index (κ2) is 12.0. The molecule has 1 fully saturated rings. The van der Waals surface area contributed by atoms with Crippen LogP contribution in [-0.2, 0) is 9.59 Å². The van der Waals surface area contributed by atoms with Crippen molar-refractivity contribution in [2.75, 3.05) is 16.0 Å². The van der Waals surface area contributed by atoms with Crippen molar-refractivity contribution in [2.45, 2.75) is 26.1 Å². The third-order valence-electron chi connectivity index (χ3n) is 6.36. The molecule has 1 saturated heterocycles. The highest BCUT2D eigenvalue weighted by molar-refractivity contribution is 8.04. The number of halogens is 3. The maximum atomic E-state index is 13.2. The van der Waals surface area contributed by atoms with Gasteiger partial charge in [0.2, 0.25) is 5.91 Å². The lowest BCUT2D eigenvalue weighted by Gasteiger charge is -2.23. The van der Waals surface area contributed by atoms with Gasteiger partial charge in [0.1, 0.15) is 28.7 Å². The molecule has 0 unspecified atom stereocenters. The van der Waals surface area contributed by atoms with Crippen LogP contribution in [-0.4, -0.2) is 38.7 Å². The molecule has 0 aliphatic carbocycles. The second-order valence-corrected chi connectivity index (χ2v) is 10.6. The highest BCUT2D eigenvalue weighted by atomic mass is 32.2. The van der Waals surface area contributed by atoms with E-state index in [0.717, 1.165) is 17.3 Å². The molecule has 218 valence electrons. The Morgan fingerprint density at radius 2 is 1.77 bits per heavy atom. The van der Waals surface area contributed by atoms with E-state index in [4.69, 9.17) is 0 Å². The van der Waals surface area contributed by atoms with Crippen LogP contribution in [0.4, 0.5) is 24.5 Å². The highest BCUT2D eigenvalue weighted by Gasteiger charge is 2.34. The van der Waals surface area contributed by atoms with Crippen LogP contribution >= 0.6 is 11.8 Å². The first-order valence-electron chi connectivity index (χ1n) is 12.9. The Morgan fingerprint density at radius 3 is 2.42 bits per heavy atom. The van der Waals surface area contributed by atoms with E-state index >= 15 is 0 Å². The van der Waals surface area contributed by atoms with Crippen molar-refractivity contribution in [1.29, 1.82) is 5.26 Å². The van der Waals surface area contributed by atoms with Gasteiger partial charge in [0.05, 0.1) is 17.1 Å². The predicted molar refractivity (Wildman–Crippen MR) is 155 cm³/mol. The summed E-state index contributed by atoms with van der Waals surface area (Å²) < 4.78 is 42.5. The average molecular weight is 605 g/mol. The summed E-state index contributed by atoms with van der Waals surface area (Å²) in [5, 5.41) is 17.3. The summed E-state index contributed by atoms with van der Waals surface area (Å²) >= 11 is 1.15. The molecule has 0 bridgehead atoms. The molecule has 2 heterocycles. The number of nitriles is 1. The Bertz CT molecular complexity index is 1740. The van der Waals surface area contributed by atoms with E-state index in [2.05, 4.69) is 20.1 Å². The van der Waals surface area contributed by atoms with Gasteiger partial charge >= 0.3 is 6.36 Å². The highest BCUT2D eigenvalue weighted by Crippen LogP contribution is 2.39. The minimum atomic E-state index is -4.78. The predicted octanol–water partition coefficient (Wildman–Crippen LogP) is 6.41. The zero-order chi connectivity index (χ0) is 30.7. The molecule has 0 spiro atoms. The number of hydrogen-bond donors (Lipinski definition) is 1. The van der Waals surface area contributed by atoms with Gasteiger partial charge in [-0.15, -0.1) is 18.3 Å². The van der Waals surface area contributed by atoms with Crippen molar-refractivity contribution < 1.29 is 27.5 Å². The maximum Gasteiger partial charge on any atom is 0.573 e. The van der Waals surface area contributed by atoms with Gasteiger partial charge in [-0.2, -0.15) is 5.26 Å². The van der Waals surface area contributed by atoms with E-state index in [1.54, 1.807) is 30.3 Å². The SMILES string of the molecule is CC(C)c1ccccc1N1C(=O)CSC1=C(C#N)C(=O)Nc1ccc(-c2ncn(-c3ccc(OC(F)(F)F)cc3)n2)cc1. The molecule has 1 aromatic heterocycles. The number of aromatic nitrogens is 3. The first-order valence-corrected chi connectivity index (χ1v) is 13.9. The summed E-state index contributed by atoms with van der Waals surface area (Å²) in [6.07, 6.45) is -3.37. The van der Waals surface area contributed by atoms with E-state index in [1.165, 1.54) is 40.2 Å². The molecular weight excluding hydrogens is 581 g/mol. The number of carbonyl (C=O) groups excluding carboxylic acids is 2. The van der Waals surface area contributed by atoms with Gasteiger partial charge in [0.15, 0.2) is 5.82 Å². The topological polar surface area (TPSA) is 113 Å². The van der Waals surface area contributed by atoms with Crippen LogP contribution in [0.25, 0.3) is 17.1 Å². The van der Waals surface area contributed by atoms with Crippen LogP contribution in [0.15, 0.2) is 89.7 Å². The largest absolute Gasteiger partial charge is 0.573 e. The lowest BCUT2D eigenvalue weighted by molar-refractivity contribution is -0.274. The van der Waals surface area contributed by atoms with Crippen LogP contribution in [0.5, 0.6) is 5.75 Å². The molecule has 0 atom stereocenters. The number of ether oxygens (including phenoxy) is 1. The van der Waals surface area contributed by atoms with Gasteiger partial charge in [0, 0.05) is 11.3 Å². The summed E-state index contributed by atoms with van der Waals surface area (Å²) in [5.41, 5.74) is 2.89. The minimum Gasteiger partial charge on any atom is -0.406 e. The Labute approximate surface area is 248 Å². The number of thioether (sulfide) groups is 1. The van der Waals surface area contributed by atoms with Gasteiger partial charge in [-0.05, 0) is 66.1 Å². The normalized spacial score (nSPS) is 14.5. The quantitative estimate of drug-likeness (QED) is 0.192. The van der Waals surface area contributed by atoms with Crippen molar-refractivity contribution in [2.24, 2.45) is 0 Å². The molecule has 4 aromatic rings. The zero-order valence-electron chi connectivity index (χ0n) is 22.8. The van der Waals surface area contributed by atoms with Gasteiger partial charge in [0.25, 0.3) is 5.91 Å². The Kier molecular flexibility index (Phi) is 8.22. The van der Waals surface area contributed by atoms with Gasteiger partial charge in [-0.1, -0.05) is 43.8 Å². The van der Waals surface area contributed by atoms with Crippen molar-refractivity contribution in [3.63, 3.8) is 0 Å². The average Bonchev–Trinajstić information content (AvgIpc) is 3.61. The zero-order valence-corrected chi connectivity index (χ0v) is 23.6. The van der Waals surface area contributed by atoms with Crippen molar-refractivity contribution >= 4 is 35.0 Å². The van der Waals surface area contributed by atoms with Crippen LogP contribution in [0.2, 0.25) is 0 Å². The van der Waals surface area contributed by atoms with Crippen molar-refractivity contribution in [1.82, 2.24) is 14.8 Å². The van der Waals surface area contributed by atoms with Crippen LogP contribution in [0.1, 0.15) is 25.3 Å². The van der Waals surface area contributed by atoms with Crippen LogP contribution < -0.4 is 15.0 Å². The molecule has 43 heavy (non-hydrogen) atoms. The van der Waals surface area contributed by atoms with Crippen molar-refractivity contribution in [3.8, 4) is 28.9 Å². The molecule has 5 rings (SSSR count). The lowest BCUT2D eigenvalue weighted by Crippen LogP contribution is -2.28. The third kappa shape index (κ3) is 6.54. The first-order chi connectivity index (χ1) is 20.5. The molecule has 9 nitrogen and oxygen atoms in total. The molecular formula is C30H23F3N6O3S. The molecule has 1 aliphatic heterocycles. The first kappa shape index (κ1) is 29.4. The van der Waals surface area contributed by atoms with E-state index in [0.29, 0.717) is 28.5 Å². The number of nitrogens with zero attached hydrogens (tertiary/aromatic N) is 5. The number of rotatable bonds is 7. The summed E-state index contributed by atoms with van der Waals surface area (Å²) in [4.78, 5) is 31.8. The summed E-state index contributed by atoms with van der Waals surface area (Å²) in [5.74, 6) is -0.646. The summed E-state index contributed by atoms with van der Waals surface area (Å²) in [6.45, 7) is 4.01. The van der Waals surface area contributed by atoms with E-state index in [1.807, 2.05) is 38.1 Å². The standard InChI is InChI=1S/C30H23F3N6O3S/c1-18(2)23-5-3-4-6-25(23)39-26(40)16-43-29(39)24(15-34)28(41)36-20-9-7-19(8-10-20)27-35-17-38(37-27)21-11-13-22(14-12-21)42-30(31,32)33/h3-14,17-18H,16H2,1-2H3,(H,36,41). The number of nitrogens with one attached hydrogen (secondary N) is 1. The molecule has 0 radical (unpaired) electrons. The number of para-hydroxylation sites is 1. The number of anilines is 2. The summed E-state index contributed by atoms with van der Waals surface area (Å²) in [7, 11) is 0. The molecule has 2 amide bonds. The number of alkyl halides is 3. The maximum absolute atomic E-state index is 13.2. The number of carbonyl (C=O) groups is 2. The third-order valence-corrected chi connectivity index (χ3v) is 7.42. The van der Waals surface area contributed by atoms with Gasteiger partial charge < -0.3 is 10.1 Å². The monoisotopic (exact) mass is 604 g/mol. The van der Waals surface area contributed by atoms with E-state index in [-0.39, 0.29) is 33.9 Å². The molecule has 0 saturated carbocycles. The fraction of sp³-hybridized carbons (Fsp3) is 0.167. The van der Waals surface area contributed by atoms with Gasteiger partial charge in [-0.25, -0.2) is 9.67 Å². The Balaban J connectivity index is 1.32. The molecule has 3 aromatic carbocycles. The number of amides is 2. The number of benzene rings is 3. The molecule has 1 aliphatic rings.